The average Bonchev–Trinajstić information content (AvgIpc) is 2.39. The number of halogens is 1. The maximum atomic E-state index is 12.1. The summed E-state index contributed by atoms with van der Waals surface area (Å²) in [6.45, 7) is 10.00. The van der Waals surface area contributed by atoms with Gasteiger partial charge in [0.05, 0.1) is 15.6 Å². The number of ether oxygens (including phenoxy) is 3. The molecule has 0 N–H and O–H groups in total. The lowest BCUT2D eigenvalue weighted by Crippen LogP contribution is -2.39. The molecule has 0 saturated heterocycles. The molecular weight excluding hydrogens is 399 g/mol. The van der Waals surface area contributed by atoms with Gasteiger partial charge in [0, 0.05) is 0 Å². The maximum Gasteiger partial charge on any atom is 0.311 e. The van der Waals surface area contributed by atoms with Crippen molar-refractivity contribution >= 4 is 34.3 Å². The quantitative estimate of drug-likeness (QED) is 0.484. The average molecular weight is 424 g/mol. The van der Waals surface area contributed by atoms with Crippen LogP contribution in [0.2, 0.25) is 0 Å². The van der Waals surface area contributed by atoms with Gasteiger partial charge in [0.1, 0.15) is 6.61 Å². The molecule has 1 aliphatic rings. The van der Waals surface area contributed by atoms with Gasteiger partial charge >= 0.3 is 5.97 Å². The fourth-order valence-electron chi connectivity index (χ4n) is 1.61. The molecule has 0 saturated carbocycles. The van der Waals surface area contributed by atoms with Crippen molar-refractivity contribution in [2.45, 2.75) is 53.4 Å². The molecule has 1 rings (SSSR count). The predicted molar refractivity (Wildman–Crippen MR) is 91.6 cm³/mol. The third kappa shape index (κ3) is 6.34. The third-order valence-electron chi connectivity index (χ3n) is 3.06. The lowest BCUT2D eigenvalue weighted by Gasteiger charge is -2.27. The van der Waals surface area contributed by atoms with E-state index in [4.69, 9.17) is 14.2 Å². The van der Waals surface area contributed by atoms with Crippen LogP contribution in [-0.4, -0.2) is 37.4 Å². The number of rotatable bonds is 6. The molecule has 0 radical (unpaired) electrons. The van der Waals surface area contributed by atoms with Crippen molar-refractivity contribution in [2.75, 3.05) is 13.2 Å². The molecule has 2 atom stereocenters. The Morgan fingerprint density at radius 3 is 2.59 bits per heavy atom. The Balaban J connectivity index is 2.55. The first-order chi connectivity index (χ1) is 10.1. The van der Waals surface area contributed by atoms with Crippen LogP contribution in [0.25, 0.3) is 0 Å². The van der Waals surface area contributed by atoms with Crippen molar-refractivity contribution < 1.29 is 23.8 Å². The maximum absolute atomic E-state index is 12.1. The summed E-state index contributed by atoms with van der Waals surface area (Å²) < 4.78 is 16.9. The molecule has 6 heteroatoms. The number of hydrogen-bond donors (Lipinski definition) is 0. The molecule has 126 valence electrons. The smallest absolute Gasteiger partial charge is 0.311 e. The molecule has 0 aliphatic carbocycles. The molecule has 5 nitrogen and oxygen atoms in total. The Kier molecular flexibility index (Phi) is 7.48. The van der Waals surface area contributed by atoms with Crippen molar-refractivity contribution in [3.63, 3.8) is 0 Å². The molecule has 0 unspecified atom stereocenters. The normalized spacial score (nSPS) is 22.7. The predicted octanol–water partition coefficient (Wildman–Crippen LogP) is 3.25. The second-order valence-corrected chi connectivity index (χ2v) is 7.94. The SMILES string of the molecule is CC(C)CCO[C@@H]1C=C(I)C(=O)[C@@H](COC(=O)C(C)(C)C)O1. The second-order valence-electron chi connectivity index (χ2n) is 6.77. The number of Topliss-reactive ketones (excluding diaryl/α,β-unsaturated/α-hetero) is 1. The van der Waals surface area contributed by atoms with Crippen molar-refractivity contribution in [3.8, 4) is 0 Å². The monoisotopic (exact) mass is 424 g/mol. The molecule has 1 heterocycles. The lowest BCUT2D eigenvalue weighted by atomic mass is 9.97. The molecule has 0 aromatic rings. The summed E-state index contributed by atoms with van der Waals surface area (Å²) in [6.07, 6.45) is 1.21. The molecule has 1 aliphatic heterocycles. The lowest BCUT2D eigenvalue weighted by molar-refractivity contribution is -0.180. The van der Waals surface area contributed by atoms with E-state index in [-0.39, 0.29) is 18.4 Å². The highest BCUT2D eigenvalue weighted by molar-refractivity contribution is 14.1. The summed E-state index contributed by atoms with van der Waals surface area (Å²) in [4.78, 5) is 23.9. The second kappa shape index (κ2) is 8.40. The summed E-state index contributed by atoms with van der Waals surface area (Å²) in [6, 6.07) is 0. The largest absolute Gasteiger partial charge is 0.462 e. The van der Waals surface area contributed by atoms with E-state index < -0.39 is 17.8 Å². The van der Waals surface area contributed by atoms with Gasteiger partial charge in [-0.15, -0.1) is 0 Å². The van der Waals surface area contributed by atoms with Gasteiger partial charge in [0.2, 0.25) is 5.78 Å². The van der Waals surface area contributed by atoms with Crippen molar-refractivity contribution in [2.24, 2.45) is 11.3 Å². The molecule has 0 fully saturated rings. The van der Waals surface area contributed by atoms with E-state index in [2.05, 4.69) is 13.8 Å². The highest BCUT2D eigenvalue weighted by Crippen LogP contribution is 2.23. The highest BCUT2D eigenvalue weighted by atomic mass is 127. The van der Waals surface area contributed by atoms with Crippen LogP contribution in [0, 0.1) is 11.3 Å². The summed E-state index contributed by atoms with van der Waals surface area (Å²) in [7, 11) is 0. The first-order valence-electron chi connectivity index (χ1n) is 7.47. The highest BCUT2D eigenvalue weighted by Gasteiger charge is 2.33. The van der Waals surface area contributed by atoms with E-state index in [0.717, 1.165) is 6.42 Å². The third-order valence-corrected chi connectivity index (χ3v) is 3.96. The zero-order valence-electron chi connectivity index (χ0n) is 13.8. The van der Waals surface area contributed by atoms with E-state index in [9.17, 15) is 9.59 Å². The van der Waals surface area contributed by atoms with Gasteiger partial charge in [-0.2, -0.15) is 0 Å². The minimum atomic E-state index is -0.799. The standard InChI is InChI=1S/C16H25IO5/c1-10(2)6-7-20-13-8-11(17)14(18)12(22-13)9-21-15(19)16(3,4)5/h8,10,12-13H,6-7,9H2,1-5H3/t12-,13+/m1/s1. The van der Waals surface area contributed by atoms with Crippen LogP contribution in [0.1, 0.15) is 41.0 Å². The fourth-order valence-corrected chi connectivity index (χ4v) is 2.25. The van der Waals surface area contributed by atoms with Gasteiger partial charge in [0.25, 0.3) is 0 Å². The van der Waals surface area contributed by atoms with Crippen LogP contribution in [0.4, 0.5) is 0 Å². The van der Waals surface area contributed by atoms with Gasteiger partial charge in [-0.3, -0.25) is 9.59 Å². The minimum absolute atomic E-state index is 0.0840. The summed E-state index contributed by atoms with van der Waals surface area (Å²) in [5.41, 5.74) is -0.603. The van der Waals surface area contributed by atoms with Gasteiger partial charge in [-0.05, 0) is 61.8 Å². The molecule has 0 bridgehead atoms. The van der Waals surface area contributed by atoms with Gasteiger partial charge < -0.3 is 14.2 Å². The van der Waals surface area contributed by atoms with Gasteiger partial charge in [-0.1, -0.05) is 13.8 Å². The van der Waals surface area contributed by atoms with Crippen molar-refractivity contribution in [3.05, 3.63) is 9.66 Å². The summed E-state index contributed by atoms with van der Waals surface area (Å²) in [5.74, 6) is 0.00793. The first-order valence-corrected chi connectivity index (χ1v) is 8.55. The van der Waals surface area contributed by atoms with E-state index in [1.807, 2.05) is 22.6 Å². The van der Waals surface area contributed by atoms with Gasteiger partial charge in [-0.25, -0.2) is 0 Å². The Morgan fingerprint density at radius 2 is 2.05 bits per heavy atom. The molecule has 0 amide bonds. The molecule has 22 heavy (non-hydrogen) atoms. The summed E-state index contributed by atoms with van der Waals surface area (Å²) >= 11 is 1.96. The van der Waals surface area contributed by atoms with Crippen LogP contribution in [-0.2, 0) is 23.8 Å². The Bertz CT molecular complexity index is 436. The first kappa shape index (κ1) is 19.6. The fraction of sp³-hybridized carbons (Fsp3) is 0.750. The number of esters is 1. The van der Waals surface area contributed by atoms with E-state index >= 15 is 0 Å². The number of hydrogen-bond acceptors (Lipinski definition) is 5. The van der Waals surface area contributed by atoms with Crippen LogP contribution in [0.3, 0.4) is 0 Å². The number of carbonyl (C=O) groups excluding carboxylic acids is 2. The molecule has 0 aromatic carbocycles. The Morgan fingerprint density at radius 1 is 1.41 bits per heavy atom. The van der Waals surface area contributed by atoms with Crippen LogP contribution < -0.4 is 0 Å². The van der Waals surface area contributed by atoms with Gasteiger partial charge in [0.15, 0.2) is 12.4 Å². The van der Waals surface area contributed by atoms with E-state index in [1.54, 1.807) is 26.8 Å². The van der Waals surface area contributed by atoms with E-state index in [1.165, 1.54) is 0 Å². The van der Waals surface area contributed by atoms with Crippen molar-refractivity contribution in [1.29, 1.82) is 0 Å². The minimum Gasteiger partial charge on any atom is -0.462 e. The summed E-state index contributed by atoms with van der Waals surface area (Å²) in [5, 5.41) is 0. The zero-order valence-corrected chi connectivity index (χ0v) is 16.0. The Hall–Kier alpha value is -0.470. The number of carbonyl (C=O) groups is 2. The number of ketones is 1. The van der Waals surface area contributed by atoms with Crippen LogP contribution in [0.15, 0.2) is 9.66 Å². The van der Waals surface area contributed by atoms with Crippen LogP contribution in [0.5, 0.6) is 0 Å². The molecule has 0 aromatic heterocycles. The Labute approximate surface area is 145 Å². The molecular formula is C16H25IO5. The zero-order chi connectivity index (χ0) is 16.9. The van der Waals surface area contributed by atoms with Crippen LogP contribution >= 0.6 is 22.6 Å². The topological polar surface area (TPSA) is 61.8 Å². The van der Waals surface area contributed by atoms with E-state index in [0.29, 0.717) is 16.1 Å². The molecule has 0 spiro atoms. The van der Waals surface area contributed by atoms with Crippen molar-refractivity contribution in [1.82, 2.24) is 0 Å².